The summed E-state index contributed by atoms with van der Waals surface area (Å²) >= 11 is 0. The van der Waals surface area contributed by atoms with E-state index in [2.05, 4.69) is 10.2 Å². The van der Waals surface area contributed by atoms with E-state index in [1.165, 1.54) is 36.4 Å². The molecule has 1 amide bonds. The zero-order valence-corrected chi connectivity index (χ0v) is 25.2. The summed E-state index contributed by atoms with van der Waals surface area (Å²) in [6.07, 6.45) is 0.199. The van der Waals surface area contributed by atoms with Gasteiger partial charge in [0, 0.05) is 29.6 Å². The molecule has 1 atom stereocenters. The molecule has 1 aromatic heterocycles. The summed E-state index contributed by atoms with van der Waals surface area (Å²) < 4.78 is 50.4. The number of amides is 1. The van der Waals surface area contributed by atoms with E-state index in [0.717, 1.165) is 11.8 Å². The average Bonchev–Trinajstić information content (AvgIpc) is 3.35. The third kappa shape index (κ3) is 8.66. The van der Waals surface area contributed by atoms with E-state index in [1.54, 1.807) is 54.0 Å². The van der Waals surface area contributed by atoms with E-state index in [0.29, 0.717) is 28.2 Å². The van der Waals surface area contributed by atoms with Crippen LogP contribution in [0.1, 0.15) is 29.3 Å². The van der Waals surface area contributed by atoms with Crippen LogP contribution in [-0.2, 0) is 35.5 Å². The Morgan fingerprint density at radius 1 is 0.978 bits per heavy atom. The van der Waals surface area contributed by atoms with E-state index < -0.39 is 38.8 Å². The van der Waals surface area contributed by atoms with Gasteiger partial charge in [-0.05, 0) is 60.5 Å². The van der Waals surface area contributed by atoms with Crippen LogP contribution in [0.3, 0.4) is 0 Å². The Hall–Kier alpha value is -5.24. The Morgan fingerprint density at radius 2 is 1.64 bits per heavy atom. The fraction of sp³-hybridized carbons (Fsp3) is 0.226. The Bertz CT molecular complexity index is 1760. The Morgan fingerprint density at radius 3 is 2.27 bits per heavy atom. The molecular weight excluding hydrogens is 609 g/mol. The van der Waals surface area contributed by atoms with Gasteiger partial charge in [-0.25, -0.2) is 22.4 Å². The Balaban J connectivity index is 1.72. The fourth-order valence-corrected chi connectivity index (χ4v) is 5.16. The smallest absolute Gasteiger partial charge is 0.408 e. The SMILES string of the molecule is Cc1c(C(NC(=O)OCc2ccccc2)C(=O)OCCCO[N+](=O)[O-])cc(-c2ccc(S(C)(=O)=O)cc2)n1-c1ccc(F)cc1. The van der Waals surface area contributed by atoms with Gasteiger partial charge in [0.15, 0.2) is 15.9 Å². The number of carbonyl (C=O) groups is 2. The third-order valence-corrected chi connectivity index (χ3v) is 7.83. The molecular formula is C31H30FN3O9S. The Labute approximate surface area is 258 Å². The lowest BCUT2D eigenvalue weighted by molar-refractivity contribution is -0.757. The van der Waals surface area contributed by atoms with Crippen molar-refractivity contribution in [1.29, 1.82) is 0 Å². The van der Waals surface area contributed by atoms with Gasteiger partial charge in [0.25, 0.3) is 5.09 Å². The molecule has 236 valence electrons. The first kappa shape index (κ1) is 32.7. The van der Waals surface area contributed by atoms with Gasteiger partial charge in [0.05, 0.1) is 23.8 Å². The number of benzene rings is 3. The van der Waals surface area contributed by atoms with Crippen molar-refractivity contribution in [3.05, 3.63) is 118 Å². The number of rotatable bonds is 13. The molecule has 14 heteroatoms. The lowest BCUT2D eigenvalue weighted by Crippen LogP contribution is -2.35. The van der Waals surface area contributed by atoms with Gasteiger partial charge < -0.3 is 24.2 Å². The minimum Gasteiger partial charge on any atom is -0.464 e. The minimum absolute atomic E-state index is 0.0192. The van der Waals surface area contributed by atoms with E-state index in [-0.39, 0.29) is 31.1 Å². The van der Waals surface area contributed by atoms with E-state index >= 15 is 0 Å². The molecule has 1 unspecified atom stereocenters. The van der Waals surface area contributed by atoms with Crippen LogP contribution in [-0.4, -0.2) is 49.6 Å². The molecule has 12 nitrogen and oxygen atoms in total. The summed E-state index contributed by atoms with van der Waals surface area (Å²) in [6.45, 7) is 1.09. The number of halogens is 1. The monoisotopic (exact) mass is 639 g/mol. The number of nitrogens with one attached hydrogen (secondary N) is 1. The minimum atomic E-state index is -3.47. The van der Waals surface area contributed by atoms with Crippen molar-refractivity contribution in [2.45, 2.75) is 30.9 Å². The first-order valence-corrected chi connectivity index (χ1v) is 15.5. The summed E-state index contributed by atoms with van der Waals surface area (Å²) in [4.78, 5) is 41.1. The molecule has 0 saturated heterocycles. The van der Waals surface area contributed by atoms with Gasteiger partial charge in [0.1, 0.15) is 12.4 Å². The zero-order valence-electron chi connectivity index (χ0n) is 24.3. The van der Waals surface area contributed by atoms with Crippen LogP contribution in [0.2, 0.25) is 0 Å². The predicted molar refractivity (Wildman–Crippen MR) is 160 cm³/mol. The highest BCUT2D eigenvalue weighted by molar-refractivity contribution is 7.90. The van der Waals surface area contributed by atoms with Crippen molar-refractivity contribution in [3.8, 4) is 16.9 Å². The topological polar surface area (TPSA) is 156 Å². The van der Waals surface area contributed by atoms with Crippen molar-refractivity contribution in [1.82, 2.24) is 9.88 Å². The van der Waals surface area contributed by atoms with Crippen molar-refractivity contribution < 1.29 is 41.8 Å². The van der Waals surface area contributed by atoms with Gasteiger partial charge >= 0.3 is 12.1 Å². The second kappa shape index (κ2) is 14.5. The summed E-state index contributed by atoms with van der Waals surface area (Å²) in [6, 6.07) is 20.8. The maximum atomic E-state index is 13.8. The van der Waals surface area contributed by atoms with Crippen LogP contribution in [0.15, 0.2) is 89.8 Å². The normalized spacial score (nSPS) is 11.8. The van der Waals surface area contributed by atoms with Crippen LogP contribution in [0, 0.1) is 22.9 Å². The van der Waals surface area contributed by atoms with Crippen LogP contribution >= 0.6 is 0 Å². The Kier molecular flexibility index (Phi) is 10.5. The quantitative estimate of drug-likeness (QED) is 0.0910. The molecule has 4 aromatic rings. The number of hydrogen-bond acceptors (Lipinski definition) is 9. The van der Waals surface area contributed by atoms with Crippen LogP contribution in [0.25, 0.3) is 16.9 Å². The fourth-order valence-electron chi connectivity index (χ4n) is 4.53. The molecule has 0 aliphatic carbocycles. The number of ether oxygens (including phenoxy) is 2. The molecule has 1 N–H and O–H groups in total. The number of alkyl carbamates (subject to hydrolysis) is 1. The summed E-state index contributed by atoms with van der Waals surface area (Å²) in [7, 11) is -3.47. The number of esters is 1. The highest BCUT2D eigenvalue weighted by Crippen LogP contribution is 2.34. The van der Waals surface area contributed by atoms with Crippen molar-refractivity contribution in [2.75, 3.05) is 19.5 Å². The molecule has 4 rings (SSSR count). The van der Waals surface area contributed by atoms with Crippen molar-refractivity contribution in [2.24, 2.45) is 0 Å². The van der Waals surface area contributed by atoms with E-state index in [4.69, 9.17) is 9.47 Å². The summed E-state index contributed by atoms with van der Waals surface area (Å²) in [5, 5.41) is 12.0. The standard InChI is InChI=1S/C31H30FN3O9S/c1-21-27(19-28(34(21)25-13-11-24(32)12-14-25)23-9-15-26(16-10-23)45(2,40)41)29(30(36)42-17-6-18-44-35(38)39)33-31(37)43-20-22-7-4-3-5-8-22/h3-5,7-16,19,29H,6,17-18,20H2,1-2H3,(H,33,37). The van der Waals surface area contributed by atoms with Gasteiger partial charge in [-0.15, -0.1) is 10.1 Å². The second-order valence-corrected chi connectivity index (χ2v) is 11.9. The molecule has 1 heterocycles. The molecule has 0 aliphatic heterocycles. The highest BCUT2D eigenvalue weighted by atomic mass is 32.2. The summed E-state index contributed by atoms with van der Waals surface area (Å²) in [5.41, 5.74) is 3.10. The van der Waals surface area contributed by atoms with E-state index in [1.807, 2.05) is 6.07 Å². The number of aromatic nitrogens is 1. The third-order valence-electron chi connectivity index (χ3n) is 6.70. The highest BCUT2D eigenvalue weighted by Gasteiger charge is 2.30. The molecule has 0 bridgehead atoms. The maximum Gasteiger partial charge on any atom is 0.408 e. The van der Waals surface area contributed by atoms with Crippen LogP contribution < -0.4 is 5.32 Å². The van der Waals surface area contributed by atoms with E-state index in [9.17, 15) is 32.5 Å². The number of carbonyl (C=O) groups excluding carboxylic acids is 2. The molecule has 0 aliphatic rings. The second-order valence-electron chi connectivity index (χ2n) is 9.90. The lowest BCUT2D eigenvalue weighted by atomic mass is 10.1. The number of nitrogens with zero attached hydrogens (tertiary/aromatic N) is 2. The van der Waals surface area contributed by atoms with Crippen LogP contribution in [0.4, 0.5) is 9.18 Å². The first-order valence-electron chi connectivity index (χ1n) is 13.6. The number of sulfone groups is 1. The average molecular weight is 640 g/mol. The van der Waals surface area contributed by atoms with Crippen molar-refractivity contribution >= 4 is 21.9 Å². The maximum absolute atomic E-state index is 13.8. The first-order chi connectivity index (χ1) is 21.4. The molecule has 0 saturated carbocycles. The molecule has 0 radical (unpaired) electrons. The number of hydrogen-bond donors (Lipinski definition) is 1. The lowest BCUT2D eigenvalue weighted by Gasteiger charge is -2.19. The molecule has 45 heavy (non-hydrogen) atoms. The van der Waals surface area contributed by atoms with Gasteiger partial charge in [-0.3, -0.25) is 0 Å². The zero-order chi connectivity index (χ0) is 32.6. The molecule has 0 spiro atoms. The van der Waals surface area contributed by atoms with Gasteiger partial charge in [-0.1, -0.05) is 42.5 Å². The van der Waals surface area contributed by atoms with Gasteiger partial charge in [-0.2, -0.15) is 0 Å². The largest absolute Gasteiger partial charge is 0.464 e. The predicted octanol–water partition coefficient (Wildman–Crippen LogP) is 5.10. The molecule has 3 aromatic carbocycles. The van der Waals surface area contributed by atoms with Gasteiger partial charge in [0.2, 0.25) is 0 Å². The molecule has 0 fully saturated rings. The van der Waals surface area contributed by atoms with Crippen molar-refractivity contribution in [3.63, 3.8) is 0 Å². The summed E-state index contributed by atoms with van der Waals surface area (Å²) in [5.74, 6) is -1.33. The van der Waals surface area contributed by atoms with Crippen LogP contribution in [0.5, 0.6) is 0 Å².